The second-order valence-corrected chi connectivity index (χ2v) is 4.86. The molecule has 1 aromatic carbocycles. The Balaban J connectivity index is 2.18. The van der Waals surface area contributed by atoms with Gasteiger partial charge in [-0.25, -0.2) is 0 Å². The molecule has 3 heteroatoms. The first-order valence-electron chi connectivity index (χ1n) is 6.58. The van der Waals surface area contributed by atoms with Crippen LogP contribution in [0.5, 0.6) is 0 Å². The zero-order chi connectivity index (χ0) is 13.1. The van der Waals surface area contributed by atoms with Crippen LogP contribution < -0.4 is 0 Å². The van der Waals surface area contributed by atoms with E-state index in [1.165, 1.54) is 0 Å². The summed E-state index contributed by atoms with van der Waals surface area (Å²) >= 11 is 0. The van der Waals surface area contributed by atoms with Crippen molar-refractivity contribution in [2.75, 3.05) is 26.2 Å². The number of hydrogen-bond donors (Lipinski definition) is 0. The van der Waals surface area contributed by atoms with E-state index < -0.39 is 0 Å². The van der Waals surface area contributed by atoms with Crippen molar-refractivity contribution in [1.29, 1.82) is 0 Å². The maximum atomic E-state index is 12.5. The highest BCUT2D eigenvalue weighted by molar-refractivity contribution is 6.01. The van der Waals surface area contributed by atoms with Crippen LogP contribution in [0.4, 0.5) is 0 Å². The van der Waals surface area contributed by atoms with E-state index in [4.69, 9.17) is 4.74 Å². The van der Waals surface area contributed by atoms with Crippen molar-refractivity contribution in [3.8, 4) is 0 Å². The van der Waals surface area contributed by atoms with E-state index in [2.05, 4.69) is 11.8 Å². The van der Waals surface area contributed by atoms with Crippen LogP contribution in [-0.2, 0) is 4.74 Å². The molecule has 0 N–H and O–H groups in total. The number of Topliss-reactive ketones (excluding diaryl/α,β-unsaturated/α-hetero) is 1. The lowest BCUT2D eigenvalue weighted by Gasteiger charge is -2.31. The normalized spacial score (nSPS) is 20.9. The molecule has 3 nitrogen and oxygen atoms in total. The molecular formula is C15H21NO2. The number of hydrogen-bond acceptors (Lipinski definition) is 3. The molecule has 1 aliphatic heterocycles. The molecule has 0 bridgehead atoms. The Morgan fingerprint density at radius 1 is 1.44 bits per heavy atom. The molecule has 98 valence electrons. The summed E-state index contributed by atoms with van der Waals surface area (Å²) in [5.74, 6) is 0.120. The second kappa shape index (κ2) is 5.63. The second-order valence-electron chi connectivity index (χ2n) is 4.86. The van der Waals surface area contributed by atoms with Crippen LogP contribution in [0.3, 0.4) is 0 Å². The number of rotatable bonds is 3. The van der Waals surface area contributed by atoms with E-state index in [-0.39, 0.29) is 11.9 Å². The Kier molecular flexibility index (Phi) is 4.15. The van der Waals surface area contributed by atoms with Crippen molar-refractivity contribution in [2.24, 2.45) is 0 Å². The summed E-state index contributed by atoms with van der Waals surface area (Å²) in [7, 11) is 0. The predicted octanol–water partition coefficient (Wildman–Crippen LogP) is 2.21. The van der Waals surface area contributed by atoms with E-state index in [1.807, 2.05) is 32.0 Å². The molecule has 1 fully saturated rings. The monoisotopic (exact) mass is 247 g/mol. The molecule has 0 saturated carbocycles. The van der Waals surface area contributed by atoms with Gasteiger partial charge in [0, 0.05) is 18.7 Å². The number of benzene rings is 1. The number of carbonyl (C=O) groups is 1. The molecule has 1 aromatic rings. The molecule has 0 amide bonds. The van der Waals surface area contributed by atoms with Crippen molar-refractivity contribution in [1.82, 2.24) is 4.90 Å². The summed E-state index contributed by atoms with van der Waals surface area (Å²) in [6.07, 6.45) is -0.306. The molecule has 0 aromatic heterocycles. The minimum atomic E-state index is -0.306. The summed E-state index contributed by atoms with van der Waals surface area (Å²) in [4.78, 5) is 14.7. The number of ether oxygens (including phenoxy) is 1. The first kappa shape index (κ1) is 13.2. The summed E-state index contributed by atoms with van der Waals surface area (Å²) < 4.78 is 5.63. The van der Waals surface area contributed by atoms with Gasteiger partial charge in [-0.05, 0) is 31.5 Å². The van der Waals surface area contributed by atoms with Gasteiger partial charge in [0.2, 0.25) is 0 Å². The van der Waals surface area contributed by atoms with E-state index in [0.29, 0.717) is 13.2 Å². The van der Waals surface area contributed by atoms with E-state index in [0.717, 1.165) is 29.8 Å². The average molecular weight is 247 g/mol. The highest BCUT2D eigenvalue weighted by Gasteiger charge is 2.27. The standard InChI is InChI=1S/C15H21NO2/c1-4-16-8-9-18-14(10-16)15(17)13-7-5-6-11(2)12(13)3/h5-7,14H,4,8-10H2,1-3H3. The largest absolute Gasteiger partial charge is 0.367 e. The highest BCUT2D eigenvalue weighted by atomic mass is 16.5. The fourth-order valence-corrected chi connectivity index (χ4v) is 2.34. The molecule has 1 heterocycles. The Hall–Kier alpha value is -1.19. The number of likely N-dealkylation sites (N-methyl/N-ethyl adjacent to an activating group) is 1. The molecule has 0 spiro atoms. The van der Waals surface area contributed by atoms with Gasteiger partial charge in [0.25, 0.3) is 0 Å². The summed E-state index contributed by atoms with van der Waals surface area (Å²) in [5.41, 5.74) is 3.03. The van der Waals surface area contributed by atoms with Crippen LogP contribution in [-0.4, -0.2) is 43.0 Å². The van der Waals surface area contributed by atoms with Gasteiger partial charge in [-0.3, -0.25) is 9.69 Å². The average Bonchev–Trinajstić information content (AvgIpc) is 2.41. The Morgan fingerprint density at radius 2 is 2.22 bits per heavy atom. The summed E-state index contributed by atoms with van der Waals surface area (Å²) in [6.45, 7) is 9.41. The number of morpholine rings is 1. The molecule has 1 atom stereocenters. The molecule has 1 unspecified atom stereocenters. The number of nitrogens with zero attached hydrogens (tertiary/aromatic N) is 1. The molecule has 18 heavy (non-hydrogen) atoms. The minimum Gasteiger partial charge on any atom is -0.367 e. The fourth-order valence-electron chi connectivity index (χ4n) is 2.34. The lowest BCUT2D eigenvalue weighted by Crippen LogP contribution is -2.46. The van der Waals surface area contributed by atoms with Gasteiger partial charge >= 0.3 is 0 Å². The van der Waals surface area contributed by atoms with Crippen molar-refractivity contribution < 1.29 is 9.53 Å². The third-order valence-electron chi connectivity index (χ3n) is 3.76. The SMILES string of the molecule is CCN1CCOC(C(=O)c2cccc(C)c2C)C1. The molecule has 0 aliphatic carbocycles. The number of ketones is 1. The van der Waals surface area contributed by atoms with Crippen molar-refractivity contribution in [3.63, 3.8) is 0 Å². The highest BCUT2D eigenvalue weighted by Crippen LogP contribution is 2.17. The predicted molar refractivity (Wildman–Crippen MR) is 72.1 cm³/mol. The maximum Gasteiger partial charge on any atom is 0.193 e. The van der Waals surface area contributed by atoms with Crippen LogP contribution >= 0.6 is 0 Å². The molecule has 0 radical (unpaired) electrons. The van der Waals surface area contributed by atoms with Crippen LogP contribution in [0, 0.1) is 13.8 Å². The van der Waals surface area contributed by atoms with Crippen molar-refractivity contribution >= 4 is 5.78 Å². The minimum absolute atomic E-state index is 0.120. The molecular weight excluding hydrogens is 226 g/mol. The zero-order valence-corrected chi connectivity index (χ0v) is 11.4. The van der Waals surface area contributed by atoms with Crippen LogP contribution in [0.25, 0.3) is 0 Å². The first-order chi connectivity index (χ1) is 8.63. The number of carbonyl (C=O) groups excluding carboxylic acids is 1. The van der Waals surface area contributed by atoms with Gasteiger partial charge in [0.15, 0.2) is 5.78 Å². The summed E-state index contributed by atoms with van der Waals surface area (Å²) in [5, 5.41) is 0. The Labute approximate surface area is 109 Å². The lowest BCUT2D eigenvalue weighted by molar-refractivity contribution is -0.0149. The van der Waals surface area contributed by atoms with Gasteiger partial charge in [0.05, 0.1) is 6.61 Å². The Bertz CT molecular complexity index is 442. The van der Waals surface area contributed by atoms with Gasteiger partial charge in [-0.1, -0.05) is 25.1 Å². The molecule has 1 aliphatic rings. The van der Waals surface area contributed by atoms with E-state index in [9.17, 15) is 4.79 Å². The third-order valence-corrected chi connectivity index (χ3v) is 3.76. The van der Waals surface area contributed by atoms with Crippen LogP contribution in [0.15, 0.2) is 18.2 Å². The lowest BCUT2D eigenvalue weighted by atomic mass is 9.97. The zero-order valence-electron chi connectivity index (χ0n) is 11.4. The summed E-state index contributed by atoms with van der Waals surface area (Å²) in [6, 6.07) is 5.88. The smallest absolute Gasteiger partial charge is 0.193 e. The van der Waals surface area contributed by atoms with Crippen molar-refractivity contribution in [2.45, 2.75) is 26.9 Å². The van der Waals surface area contributed by atoms with Crippen LogP contribution in [0.2, 0.25) is 0 Å². The van der Waals surface area contributed by atoms with Crippen molar-refractivity contribution in [3.05, 3.63) is 34.9 Å². The number of aryl methyl sites for hydroxylation is 1. The van der Waals surface area contributed by atoms with Gasteiger partial charge in [-0.15, -0.1) is 0 Å². The van der Waals surface area contributed by atoms with Gasteiger partial charge in [-0.2, -0.15) is 0 Å². The first-order valence-corrected chi connectivity index (χ1v) is 6.58. The quantitative estimate of drug-likeness (QED) is 0.767. The Morgan fingerprint density at radius 3 is 2.94 bits per heavy atom. The van der Waals surface area contributed by atoms with E-state index in [1.54, 1.807) is 0 Å². The topological polar surface area (TPSA) is 29.5 Å². The van der Waals surface area contributed by atoms with Crippen LogP contribution in [0.1, 0.15) is 28.4 Å². The maximum absolute atomic E-state index is 12.5. The fraction of sp³-hybridized carbons (Fsp3) is 0.533. The van der Waals surface area contributed by atoms with E-state index >= 15 is 0 Å². The molecule has 2 rings (SSSR count). The molecule has 1 saturated heterocycles. The van der Waals surface area contributed by atoms with Gasteiger partial charge < -0.3 is 4.74 Å². The third kappa shape index (κ3) is 2.62. The van der Waals surface area contributed by atoms with Gasteiger partial charge in [0.1, 0.15) is 6.10 Å².